The van der Waals surface area contributed by atoms with Gasteiger partial charge in [-0.3, -0.25) is 0 Å². The molecule has 21 heavy (non-hydrogen) atoms. The third-order valence-corrected chi connectivity index (χ3v) is 3.80. The van der Waals surface area contributed by atoms with Gasteiger partial charge in [-0.1, -0.05) is 58.3 Å². The first kappa shape index (κ1) is 20.3. The van der Waals surface area contributed by atoms with Crippen molar-refractivity contribution in [2.45, 2.75) is 76.7 Å². The molecule has 0 saturated heterocycles. The summed E-state index contributed by atoms with van der Waals surface area (Å²) in [5.41, 5.74) is 0. The first-order chi connectivity index (χ1) is 10.2. The van der Waals surface area contributed by atoms with E-state index in [1.165, 1.54) is 59.9 Å². The quantitative estimate of drug-likeness (QED) is 0.212. The normalized spacial score (nSPS) is 13.0. The molecule has 0 aromatic heterocycles. The number of hydrogen-bond donors (Lipinski definition) is 0. The second-order valence-electron chi connectivity index (χ2n) is 5.22. The molecule has 0 saturated carbocycles. The Morgan fingerprint density at radius 1 is 0.905 bits per heavy atom. The molecule has 0 heterocycles. The highest BCUT2D eigenvalue weighted by molar-refractivity contribution is 5.33. The van der Waals surface area contributed by atoms with Gasteiger partial charge < -0.3 is 14.2 Å². The molecule has 0 amide bonds. The van der Waals surface area contributed by atoms with Crippen LogP contribution in [-0.4, -0.2) is 39.4 Å². The lowest BCUT2D eigenvalue weighted by molar-refractivity contribution is -0.362. The maximum atomic E-state index is 10.6. The number of carbonyl (C=O) groups excluding carboxylic acids is 1. The van der Waals surface area contributed by atoms with E-state index < -0.39 is 12.0 Å². The van der Waals surface area contributed by atoms with Crippen molar-refractivity contribution in [2.75, 3.05) is 21.3 Å². The fraction of sp³-hybridized carbons (Fsp3) is 0.938. The van der Waals surface area contributed by atoms with Gasteiger partial charge in [-0.25, -0.2) is 4.79 Å². The standard InChI is InChI=1S/C16H31NO4/c1-5-6-7-8-9-10-11-12-13-15(17-14-18)16(19-2,20-3)21-4/h15H,5-13H2,1-4H3. The highest BCUT2D eigenvalue weighted by atomic mass is 16.9. The topological polar surface area (TPSA) is 57.1 Å². The van der Waals surface area contributed by atoms with Crippen molar-refractivity contribution in [1.29, 1.82) is 0 Å². The molecular weight excluding hydrogens is 270 g/mol. The Morgan fingerprint density at radius 2 is 1.38 bits per heavy atom. The van der Waals surface area contributed by atoms with E-state index in [0.29, 0.717) is 6.42 Å². The number of unbranched alkanes of at least 4 members (excludes halogenated alkanes) is 7. The Bertz CT molecular complexity index is 278. The Labute approximate surface area is 129 Å². The van der Waals surface area contributed by atoms with Crippen LogP contribution in [0.25, 0.3) is 0 Å². The SMILES string of the molecule is CCCCCCCCCCC(N=C=O)C(OC)(OC)OC. The summed E-state index contributed by atoms with van der Waals surface area (Å²) in [6.07, 6.45) is 12.1. The lowest BCUT2D eigenvalue weighted by atomic mass is 10.0. The smallest absolute Gasteiger partial charge is 0.306 e. The van der Waals surface area contributed by atoms with Crippen LogP contribution in [0.15, 0.2) is 4.99 Å². The van der Waals surface area contributed by atoms with Gasteiger partial charge in [0.25, 0.3) is 0 Å². The van der Waals surface area contributed by atoms with Crippen LogP contribution in [0, 0.1) is 0 Å². The molecule has 0 aromatic carbocycles. The Morgan fingerprint density at radius 3 is 1.81 bits per heavy atom. The third-order valence-electron chi connectivity index (χ3n) is 3.80. The van der Waals surface area contributed by atoms with Crippen molar-refractivity contribution in [3.8, 4) is 0 Å². The molecule has 0 spiro atoms. The van der Waals surface area contributed by atoms with Gasteiger partial charge >= 0.3 is 5.97 Å². The second-order valence-corrected chi connectivity index (χ2v) is 5.22. The van der Waals surface area contributed by atoms with Crippen LogP contribution in [0.3, 0.4) is 0 Å². The van der Waals surface area contributed by atoms with Gasteiger partial charge in [0.2, 0.25) is 6.08 Å². The lowest BCUT2D eigenvalue weighted by Gasteiger charge is -2.33. The van der Waals surface area contributed by atoms with E-state index in [9.17, 15) is 4.79 Å². The molecular formula is C16H31NO4. The average Bonchev–Trinajstić information content (AvgIpc) is 2.52. The van der Waals surface area contributed by atoms with Crippen LogP contribution in [0.4, 0.5) is 0 Å². The summed E-state index contributed by atoms with van der Waals surface area (Å²) >= 11 is 0. The van der Waals surface area contributed by atoms with Gasteiger partial charge in [0, 0.05) is 21.3 Å². The summed E-state index contributed by atoms with van der Waals surface area (Å²) in [4.78, 5) is 14.4. The first-order valence-corrected chi connectivity index (χ1v) is 7.93. The number of ether oxygens (including phenoxy) is 3. The van der Waals surface area contributed by atoms with Crippen molar-refractivity contribution < 1.29 is 19.0 Å². The van der Waals surface area contributed by atoms with Gasteiger partial charge in [-0.2, -0.15) is 4.99 Å². The minimum absolute atomic E-state index is 0.491. The van der Waals surface area contributed by atoms with Crippen molar-refractivity contribution >= 4 is 6.08 Å². The average molecular weight is 301 g/mol. The van der Waals surface area contributed by atoms with Crippen LogP contribution in [0.2, 0.25) is 0 Å². The van der Waals surface area contributed by atoms with E-state index in [-0.39, 0.29) is 0 Å². The van der Waals surface area contributed by atoms with E-state index in [2.05, 4.69) is 11.9 Å². The summed E-state index contributed by atoms with van der Waals surface area (Å²) in [6.45, 7) is 2.22. The predicted octanol–water partition coefficient (Wildman–Crippen LogP) is 3.81. The molecule has 1 atom stereocenters. The van der Waals surface area contributed by atoms with E-state index in [1.807, 2.05) is 0 Å². The predicted molar refractivity (Wildman–Crippen MR) is 82.9 cm³/mol. The van der Waals surface area contributed by atoms with Crippen LogP contribution in [-0.2, 0) is 19.0 Å². The molecule has 5 heteroatoms. The van der Waals surface area contributed by atoms with Gasteiger partial charge in [0.05, 0.1) is 0 Å². The van der Waals surface area contributed by atoms with Crippen molar-refractivity contribution in [3.63, 3.8) is 0 Å². The number of hydrogen-bond acceptors (Lipinski definition) is 5. The lowest BCUT2D eigenvalue weighted by Crippen LogP contribution is -2.46. The summed E-state index contributed by atoms with van der Waals surface area (Å²) in [5, 5.41) is 0. The zero-order valence-electron chi connectivity index (χ0n) is 14.0. The minimum Gasteiger partial charge on any atom is -0.329 e. The monoisotopic (exact) mass is 301 g/mol. The fourth-order valence-electron chi connectivity index (χ4n) is 2.51. The van der Waals surface area contributed by atoms with E-state index >= 15 is 0 Å². The molecule has 0 bridgehead atoms. The number of rotatable bonds is 14. The molecule has 0 fully saturated rings. The molecule has 0 rings (SSSR count). The summed E-state index contributed by atoms with van der Waals surface area (Å²) < 4.78 is 15.8. The van der Waals surface area contributed by atoms with Crippen LogP contribution >= 0.6 is 0 Å². The van der Waals surface area contributed by atoms with Crippen LogP contribution in [0.1, 0.15) is 64.7 Å². The molecule has 0 N–H and O–H groups in total. The maximum absolute atomic E-state index is 10.6. The number of isocyanates is 1. The van der Waals surface area contributed by atoms with Gasteiger partial charge in [-0.05, 0) is 6.42 Å². The van der Waals surface area contributed by atoms with E-state index in [1.54, 1.807) is 6.08 Å². The first-order valence-electron chi connectivity index (χ1n) is 7.93. The summed E-state index contributed by atoms with van der Waals surface area (Å²) in [7, 11) is 4.44. The molecule has 0 aromatic rings. The summed E-state index contributed by atoms with van der Waals surface area (Å²) in [6, 6.07) is -0.491. The number of methoxy groups -OCH3 is 3. The molecule has 0 aliphatic carbocycles. The Kier molecular flexibility index (Phi) is 12.5. The Hall–Kier alpha value is -0.740. The highest BCUT2D eigenvalue weighted by Gasteiger charge is 2.40. The van der Waals surface area contributed by atoms with Gasteiger partial charge in [0.15, 0.2) is 0 Å². The second kappa shape index (κ2) is 13.0. The zero-order chi connectivity index (χ0) is 16.0. The van der Waals surface area contributed by atoms with Crippen molar-refractivity contribution in [3.05, 3.63) is 0 Å². The maximum Gasteiger partial charge on any atom is 0.306 e. The molecule has 5 nitrogen and oxygen atoms in total. The zero-order valence-corrected chi connectivity index (χ0v) is 14.0. The molecule has 1 unspecified atom stereocenters. The molecule has 124 valence electrons. The minimum atomic E-state index is -1.29. The van der Waals surface area contributed by atoms with E-state index in [0.717, 1.165) is 12.8 Å². The Balaban J connectivity index is 4.08. The fourth-order valence-corrected chi connectivity index (χ4v) is 2.51. The molecule has 0 aliphatic heterocycles. The van der Waals surface area contributed by atoms with E-state index in [4.69, 9.17) is 14.2 Å². The van der Waals surface area contributed by atoms with Gasteiger partial charge in [0.1, 0.15) is 6.04 Å². The van der Waals surface area contributed by atoms with Gasteiger partial charge in [-0.15, -0.1) is 0 Å². The van der Waals surface area contributed by atoms with Crippen LogP contribution < -0.4 is 0 Å². The van der Waals surface area contributed by atoms with Crippen molar-refractivity contribution in [1.82, 2.24) is 0 Å². The van der Waals surface area contributed by atoms with Crippen LogP contribution in [0.5, 0.6) is 0 Å². The summed E-state index contributed by atoms with van der Waals surface area (Å²) in [5.74, 6) is -1.29. The molecule has 0 aliphatic rings. The molecule has 0 radical (unpaired) electrons. The van der Waals surface area contributed by atoms with Crippen molar-refractivity contribution in [2.24, 2.45) is 4.99 Å². The largest absolute Gasteiger partial charge is 0.329 e. The number of nitrogens with zero attached hydrogens (tertiary/aromatic N) is 1. The number of aliphatic imine (C=N–C) groups is 1. The third kappa shape index (κ3) is 7.72. The highest BCUT2D eigenvalue weighted by Crippen LogP contribution is 2.25.